The molecule has 0 aromatic heterocycles. The van der Waals surface area contributed by atoms with E-state index >= 15 is 0 Å². The van der Waals surface area contributed by atoms with Gasteiger partial charge in [-0.15, -0.1) is 0 Å². The van der Waals surface area contributed by atoms with Crippen molar-refractivity contribution in [1.29, 1.82) is 0 Å². The van der Waals surface area contributed by atoms with Crippen LogP contribution in [-0.2, 0) is 14.4 Å². The Labute approximate surface area is 139 Å². The lowest BCUT2D eigenvalue weighted by Gasteiger charge is -2.29. The molecule has 0 atom stereocenters. The Hall–Kier alpha value is -3.04. The van der Waals surface area contributed by atoms with Gasteiger partial charge in [0.2, 0.25) is 18.8 Å². The topological polar surface area (TPSA) is 70.1 Å². The number of carbonyl (C=O) groups excluding carboxylic acids is 3. The highest BCUT2D eigenvalue weighted by molar-refractivity contribution is 6.48. The molecule has 0 spiro atoms. The Balaban J connectivity index is 0.000000701. The maximum absolute atomic E-state index is 14.2. The first-order valence-electron chi connectivity index (χ1n) is 6.80. The number of hydrogen-bond acceptors (Lipinski definition) is 3. The van der Waals surface area contributed by atoms with Gasteiger partial charge in [-0.3, -0.25) is 14.4 Å². The Bertz CT molecular complexity index is 836. The minimum atomic E-state index is -1.75. The maximum atomic E-state index is 14.2. The SMILES string of the molecule is Cc1cc(F)c(N2C(=O)C=C(F)N3C(=O)C(=O)N=C32)cc1C.FCF. The number of aryl methyl sites for hydroxylation is 2. The van der Waals surface area contributed by atoms with Crippen LogP contribution in [0.3, 0.4) is 0 Å². The van der Waals surface area contributed by atoms with Crippen LogP contribution in [0.5, 0.6) is 0 Å². The Morgan fingerprint density at radius 2 is 1.56 bits per heavy atom. The standard InChI is InChI=1S/C14H9F2N3O3.CH2F2/c1-6-3-8(15)9(4-7(6)2)18-11(20)5-10(16)19-13(22)12(21)17-14(18)19;2-1-3/h3-5H,1-2H3;1H2. The van der Waals surface area contributed by atoms with E-state index in [1.165, 1.54) is 12.1 Å². The molecule has 25 heavy (non-hydrogen) atoms. The van der Waals surface area contributed by atoms with Crippen LogP contribution in [0, 0.1) is 19.7 Å². The fourth-order valence-corrected chi connectivity index (χ4v) is 2.21. The molecule has 2 heterocycles. The fraction of sp³-hybridized carbons (Fsp3) is 0.200. The van der Waals surface area contributed by atoms with Gasteiger partial charge >= 0.3 is 11.8 Å². The average molecular weight is 357 g/mol. The summed E-state index contributed by atoms with van der Waals surface area (Å²) in [5, 5.41) is 0. The van der Waals surface area contributed by atoms with Crippen molar-refractivity contribution in [2.45, 2.75) is 13.8 Å². The first-order valence-corrected chi connectivity index (χ1v) is 6.80. The van der Waals surface area contributed by atoms with E-state index in [9.17, 15) is 31.9 Å². The van der Waals surface area contributed by atoms with Crippen LogP contribution < -0.4 is 4.90 Å². The van der Waals surface area contributed by atoms with Crippen LogP contribution in [0.1, 0.15) is 11.1 Å². The molecular formula is C15H11F4N3O3. The predicted molar refractivity (Wildman–Crippen MR) is 78.9 cm³/mol. The van der Waals surface area contributed by atoms with Crippen molar-refractivity contribution in [1.82, 2.24) is 4.90 Å². The highest BCUT2D eigenvalue weighted by atomic mass is 19.3. The van der Waals surface area contributed by atoms with Crippen molar-refractivity contribution in [2.24, 2.45) is 4.99 Å². The fourth-order valence-electron chi connectivity index (χ4n) is 2.21. The molecule has 0 unspecified atom stereocenters. The number of rotatable bonds is 1. The van der Waals surface area contributed by atoms with Crippen molar-refractivity contribution in [3.63, 3.8) is 0 Å². The molecule has 0 radical (unpaired) electrons. The summed E-state index contributed by atoms with van der Waals surface area (Å²) in [6.07, 6.45) is 0.504. The van der Waals surface area contributed by atoms with E-state index in [1.807, 2.05) is 0 Å². The minimum Gasteiger partial charge on any atom is -0.269 e. The number of carbonyl (C=O) groups is 3. The molecule has 132 valence electrons. The lowest BCUT2D eigenvalue weighted by atomic mass is 10.1. The summed E-state index contributed by atoms with van der Waals surface area (Å²) in [5.74, 6) is -5.91. The number of hydrogen-bond donors (Lipinski definition) is 0. The van der Waals surface area contributed by atoms with E-state index in [1.54, 1.807) is 13.8 Å². The van der Waals surface area contributed by atoms with Gasteiger partial charge in [-0.25, -0.2) is 23.0 Å². The predicted octanol–water partition coefficient (Wildman–Crippen LogP) is 2.21. The monoisotopic (exact) mass is 357 g/mol. The van der Waals surface area contributed by atoms with E-state index in [0.29, 0.717) is 27.0 Å². The minimum absolute atomic E-state index is 0.205. The Kier molecular flexibility index (Phi) is 5.00. The number of amides is 3. The molecule has 0 aliphatic carbocycles. The first-order chi connectivity index (χ1) is 11.7. The van der Waals surface area contributed by atoms with E-state index in [0.717, 1.165) is 0 Å². The number of alkyl halides is 2. The number of anilines is 1. The molecule has 2 aliphatic heterocycles. The molecule has 1 aromatic carbocycles. The molecule has 0 saturated heterocycles. The van der Waals surface area contributed by atoms with Crippen molar-refractivity contribution in [2.75, 3.05) is 11.8 Å². The zero-order chi connectivity index (χ0) is 18.9. The van der Waals surface area contributed by atoms with Crippen LogP contribution in [0.25, 0.3) is 0 Å². The van der Waals surface area contributed by atoms with Crippen molar-refractivity contribution < 1.29 is 31.9 Å². The second kappa shape index (κ2) is 6.83. The third kappa shape index (κ3) is 3.14. The van der Waals surface area contributed by atoms with E-state index in [2.05, 4.69) is 4.99 Å². The van der Waals surface area contributed by atoms with Crippen LogP contribution in [-0.4, -0.2) is 35.5 Å². The Morgan fingerprint density at radius 3 is 2.16 bits per heavy atom. The number of benzene rings is 1. The number of aliphatic imine (C=N–C) groups is 1. The molecule has 3 rings (SSSR count). The summed E-state index contributed by atoms with van der Waals surface area (Å²) < 4.78 is 47.2. The largest absolute Gasteiger partial charge is 0.339 e. The van der Waals surface area contributed by atoms with Crippen LogP contribution >= 0.6 is 0 Å². The summed E-state index contributed by atoms with van der Waals surface area (Å²) in [6, 6.07) is 2.57. The Morgan fingerprint density at radius 1 is 1.00 bits per heavy atom. The summed E-state index contributed by atoms with van der Waals surface area (Å²) >= 11 is 0. The molecular weight excluding hydrogens is 346 g/mol. The molecule has 0 saturated carbocycles. The van der Waals surface area contributed by atoms with E-state index in [-0.39, 0.29) is 5.69 Å². The van der Waals surface area contributed by atoms with Gasteiger partial charge in [0, 0.05) is 0 Å². The van der Waals surface area contributed by atoms with Gasteiger partial charge in [-0.1, -0.05) is 0 Å². The molecule has 6 nitrogen and oxygen atoms in total. The molecule has 3 amide bonds. The van der Waals surface area contributed by atoms with Gasteiger partial charge in [-0.05, 0) is 37.1 Å². The van der Waals surface area contributed by atoms with Gasteiger partial charge in [0.05, 0.1) is 11.8 Å². The maximum Gasteiger partial charge on any atom is 0.339 e. The molecule has 0 fully saturated rings. The lowest BCUT2D eigenvalue weighted by Crippen LogP contribution is -2.49. The van der Waals surface area contributed by atoms with Gasteiger partial charge in [0.25, 0.3) is 5.91 Å². The van der Waals surface area contributed by atoms with Crippen molar-refractivity contribution >= 4 is 29.4 Å². The van der Waals surface area contributed by atoms with Gasteiger partial charge in [0.15, 0.2) is 0 Å². The highest BCUT2D eigenvalue weighted by Gasteiger charge is 2.45. The quantitative estimate of drug-likeness (QED) is 0.440. The number of guanidine groups is 1. The summed E-state index contributed by atoms with van der Waals surface area (Å²) in [4.78, 5) is 39.4. The molecule has 0 N–H and O–H groups in total. The number of nitrogens with zero attached hydrogens (tertiary/aromatic N) is 3. The summed E-state index contributed by atoms with van der Waals surface area (Å²) in [5.41, 5.74) is 1.13. The normalized spacial score (nSPS) is 16.3. The van der Waals surface area contributed by atoms with Gasteiger partial charge in [0.1, 0.15) is 5.82 Å². The van der Waals surface area contributed by atoms with E-state index < -0.39 is 42.4 Å². The lowest BCUT2D eigenvalue weighted by molar-refractivity contribution is -0.139. The third-order valence-corrected chi connectivity index (χ3v) is 3.47. The van der Waals surface area contributed by atoms with Crippen molar-refractivity contribution in [3.8, 4) is 0 Å². The van der Waals surface area contributed by atoms with Crippen molar-refractivity contribution in [3.05, 3.63) is 41.1 Å². The smallest absolute Gasteiger partial charge is 0.269 e. The molecule has 2 aliphatic rings. The molecule has 0 bridgehead atoms. The van der Waals surface area contributed by atoms with Gasteiger partial charge < -0.3 is 0 Å². The first kappa shape index (κ1) is 18.3. The van der Waals surface area contributed by atoms with E-state index in [4.69, 9.17) is 0 Å². The zero-order valence-electron chi connectivity index (χ0n) is 13.0. The number of halogens is 4. The third-order valence-electron chi connectivity index (χ3n) is 3.47. The van der Waals surface area contributed by atoms with Crippen LogP contribution in [0.15, 0.2) is 29.2 Å². The second-order valence-corrected chi connectivity index (χ2v) is 4.99. The van der Waals surface area contributed by atoms with Crippen LogP contribution in [0.4, 0.5) is 23.2 Å². The highest BCUT2D eigenvalue weighted by Crippen LogP contribution is 2.30. The molecule has 1 aromatic rings. The summed E-state index contributed by atoms with van der Waals surface area (Å²) in [6.45, 7) is 1.64. The van der Waals surface area contributed by atoms with Gasteiger partial charge in [-0.2, -0.15) is 9.38 Å². The molecule has 10 heteroatoms. The second-order valence-electron chi connectivity index (χ2n) is 4.99. The summed E-state index contributed by atoms with van der Waals surface area (Å²) in [7, 11) is 0. The van der Waals surface area contributed by atoms with Crippen LogP contribution in [0.2, 0.25) is 0 Å². The number of fused-ring (bicyclic) bond motifs is 1. The average Bonchev–Trinajstić information content (AvgIpc) is 2.81. The zero-order valence-corrected chi connectivity index (χ0v) is 13.0.